The van der Waals surface area contributed by atoms with E-state index in [1.54, 1.807) is 0 Å². The lowest BCUT2D eigenvalue weighted by Gasteiger charge is -2.28. The van der Waals surface area contributed by atoms with Gasteiger partial charge >= 0.3 is 5.97 Å². The summed E-state index contributed by atoms with van der Waals surface area (Å²) in [6, 6.07) is 7.98. The zero-order valence-electron chi connectivity index (χ0n) is 13.7. The van der Waals surface area contributed by atoms with Crippen molar-refractivity contribution in [1.82, 2.24) is 0 Å². The van der Waals surface area contributed by atoms with Crippen LogP contribution < -0.4 is 5.30 Å². The maximum atomic E-state index is 12.5. The molecule has 0 bridgehead atoms. The maximum absolute atomic E-state index is 12.5. The first kappa shape index (κ1) is 17.4. The van der Waals surface area contributed by atoms with E-state index in [1.165, 1.54) is 5.30 Å². The molecular formula is C16H27O2PSi. The smallest absolute Gasteiger partial charge is 0.325 e. The summed E-state index contributed by atoms with van der Waals surface area (Å²) in [6.07, 6.45) is 0. The van der Waals surface area contributed by atoms with Crippen molar-refractivity contribution in [3.05, 3.63) is 29.8 Å². The van der Waals surface area contributed by atoms with E-state index in [1.807, 2.05) is 37.8 Å². The molecule has 0 saturated heterocycles. The van der Waals surface area contributed by atoms with Gasteiger partial charge in [-0.05, 0) is 42.3 Å². The van der Waals surface area contributed by atoms with Crippen LogP contribution in [-0.2, 0) is 4.43 Å². The van der Waals surface area contributed by atoms with E-state index < -0.39 is 8.32 Å². The van der Waals surface area contributed by atoms with E-state index in [9.17, 15) is 4.79 Å². The minimum Gasteiger partial charge on any atom is -0.516 e. The van der Waals surface area contributed by atoms with E-state index in [0.717, 1.165) is 5.56 Å². The van der Waals surface area contributed by atoms with Crippen LogP contribution >= 0.6 is 7.92 Å². The zero-order valence-corrected chi connectivity index (χ0v) is 15.6. The Morgan fingerprint density at radius 1 is 1.05 bits per heavy atom. The summed E-state index contributed by atoms with van der Waals surface area (Å²) in [4.78, 5) is 12.5. The van der Waals surface area contributed by atoms with Crippen molar-refractivity contribution in [1.29, 1.82) is 0 Å². The SMILES string of the molecule is CC(C)P(c1ccccc1C(=O)O[Si](C)(C)C)C(C)C. The average molecular weight is 310 g/mol. The highest BCUT2D eigenvalue weighted by Crippen LogP contribution is 2.45. The molecule has 1 aromatic rings. The van der Waals surface area contributed by atoms with E-state index in [0.29, 0.717) is 11.3 Å². The van der Waals surface area contributed by atoms with Crippen LogP contribution in [0.2, 0.25) is 19.6 Å². The van der Waals surface area contributed by atoms with Gasteiger partial charge in [-0.25, -0.2) is 4.79 Å². The highest BCUT2D eigenvalue weighted by atomic mass is 31.1. The number of carbonyl (C=O) groups excluding carboxylic acids is 1. The van der Waals surface area contributed by atoms with Crippen molar-refractivity contribution in [3.63, 3.8) is 0 Å². The Bertz CT molecular complexity index is 456. The number of rotatable bonds is 5. The highest BCUT2D eigenvalue weighted by molar-refractivity contribution is 7.67. The Hall–Kier alpha value is -0.663. The summed E-state index contributed by atoms with van der Waals surface area (Å²) >= 11 is 0. The second-order valence-corrected chi connectivity index (χ2v) is 14.4. The molecule has 0 aromatic heterocycles. The Morgan fingerprint density at radius 2 is 1.55 bits per heavy atom. The van der Waals surface area contributed by atoms with E-state index in [2.05, 4.69) is 33.8 Å². The van der Waals surface area contributed by atoms with Crippen molar-refractivity contribution in [3.8, 4) is 0 Å². The van der Waals surface area contributed by atoms with Gasteiger partial charge in [-0.3, -0.25) is 0 Å². The minimum absolute atomic E-state index is 0.145. The van der Waals surface area contributed by atoms with E-state index >= 15 is 0 Å². The Labute approximate surface area is 125 Å². The van der Waals surface area contributed by atoms with Crippen LogP contribution in [0.15, 0.2) is 24.3 Å². The van der Waals surface area contributed by atoms with Gasteiger partial charge < -0.3 is 4.43 Å². The number of hydrogen-bond acceptors (Lipinski definition) is 2. The molecule has 0 unspecified atom stereocenters. The topological polar surface area (TPSA) is 26.3 Å². The fraction of sp³-hybridized carbons (Fsp3) is 0.562. The van der Waals surface area contributed by atoms with Crippen molar-refractivity contribution in [2.75, 3.05) is 0 Å². The van der Waals surface area contributed by atoms with Crippen LogP contribution in [0.25, 0.3) is 0 Å². The van der Waals surface area contributed by atoms with Gasteiger partial charge in [0.1, 0.15) is 0 Å². The third kappa shape index (κ3) is 4.71. The summed E-state index contributed by atoms with van der Waals surface area (Å²) < 4.78 is 5.68. The molecule has 0 radical (unpaired) electrons. The van der Waals surface area contributed by atoms with Crippen molar-refractivity contribution >= 4 is 27.5 Å². The molecule has 0 saturated carbocycles. The second-order valence-electron chi connectivity index (χ2n) is 6.61. The number of benzene rings is 1. The molecule has 2 nitrogen and oxygen atoms in total. The van der Waals surface area contributed by atoms with Crippen LogP contribution in [0.1, 0.15) is 38.1 Å². The lowest BCUT2D eigenvalue weighted by molar-refractivity contribution is 0.0726. The van der Waals surface area contributed by atoms with Crippen molar-refractivity contribution in [2.24, 2.45) is 0 Å². The molecule has 0 heterocycles. The second kappa shape index (κ2) is 6.86. The van der Waals surface area contributed by atoms with Gasteiger partial charge in [0.25, 0.3) is 0 Å². The zero-order chi connectivity index (χ0) is 15.5. The van der Waals surface area contributed by atoms with Gasteiger partial charge in [0.15, 0.2) is 0 Å². The Balaban J connectivity index is 3.19. The molecule has 0 aliphatic carbocycles. The third-order valence-electron chi connectivity index (χ3n) is 2.91. The monoisotopic (exact) mass is 310 g/mol. The maximum Gasteiger partial charge on any atom is 0.325 e. The van der Waals surface area contributed by atoms with E-state index in [-0.39, 0.29) is 13.9 Å². The van der Waals surface area contributed by atoms with Gasteiger partial charge in [-0.15, -0.1) is 0 Å². The Morgan fingerprint density at radius 3 is 2.00 bits per heavy atom. The molecule has 0 fully saturated rings. The summed E-state index contributed by atoms with van der Waals surface area (Å²) in [5.74, 6) is -0.145. The summed E-state index contributed by atoms with van der Waals surface area (Å²) in [6.45, 7) is 15.1. The molecule has 0 aliphatic heterocycles. The molecule has 0 amide bonds. The average Bonchev–Trinajstić information content (AvgIpc) is 2.26. The lowest BCUT2D eigenvalue weighted by atomic mass is 10.2. The van der Waals surface area contributed by atoms with Crippen molar-refractivity contribution < 1.29 is 9.22 Å². The van der Waals surface area contributed by atoms with Gasteiger partial charge in [-0.1, -0.05) is 53.8 Å². The molecule has 4 heteroatoms. The van der Waals surface area contributed by atoms with Gasteiger partial charge in [0.2, 0.25) is 8.32 Å². The molecule has 0 atom stereocenters. The van der Waals surface area contributed by atoms with Gasteiger partial charge in [0, 0.05) is 0 Å². The van der Waals surface area contributed by atoms with Gasteiger partial charge in [0.05, 0.1) is 5.56 Å². The normalized spacial score (nSPS) is 12.3. The molecule has 0 N–H and O–H groups in total. The molecule has 112 valence electrons. The van der Waals surface area contributed by atoms with Gasteiger partial charge in [-0.2, -0.15) is 0 Å². The fourth-order valence-corrected chi connectivity index (χ4v) is 6.03. The minimum atomic E-state index is -1.86. The number of carbonyl (C=O) groups is 1. The molecule has 1 aromatic carbocycles. The fourth-order valence-electron chi connectivity index (χ4n) is 2.36. The van der Waals surface area contributed by atoms with E-state index in [4.69, 9.17) is 4.43 Å². The largest absolute Gasteiger partial charge is 0.516 e. The molecule has 20 heavy (non-hydrogen) atoms. The van der Waals surface area contributed by atoms with Crippen LogP contribution in [0.5, 0.6) is 0 Å². The Kier molecular flexibility index (Phi) is 5.97. The first-order chi connectivity index (χ1) is 9.13. The summed E-state index contributed by atoms with van der Waals surface area (Å²) in [7, 11) is -2.21. The molecule has 0 spiro atoms. The molecule has 0 aliphatic rings. The predicted molar refractivity (Wildman–Crippen MR) is 92.0 cm³/mol. The number of hydrogen-bond donors (Lipinski definition) is 0. The lowest BCUT2D eigenvalue weighted by Crippen LogP contribution is -2.32. The molecular weight excluding hydrogens is 283 g/mol. The summed E-state index contributed by atoms with van der Waals surface area (Å²) in [5, 5.41) is 1.19. The van der Waals surface area contributed by atoms with Crippen LogP contribution in [0.4, 0.5) is 0 Å². The predicted octanol–water partition coefficient (Wildman–Crippen LogP) is 4.60. The standard InChI is InChI=1S/C16H27O2PSi/c1-12(2)19(13(3)4)15-11-9-8-10-14(15)16(17)18-20(5,6)7/h8-13H,1-7H3. The van der Waals surface area contributed by atoms with Crippen LogP contribution in [-0.4, -0.2) is 25.6 Å². The quantitative estimate of drug-likeness (QED) is 0.587. The summed E-state index contributed by atoms with van der Waals surface area (Å²) in [5.41, 5.74) is 1.89. The van der Waals surface area contributed by atoms with Crippen LogP contribution in [0.3, 0.4) is 0 Å². The third-order valence-corrected chi connectivity index (χ3v) is 6.88. The first-order valence-electron chi connectivity index (χ1n) is 7.24. The van der Waals surface area contributed by atoms with Crippen LogP contribution in [0, 0.1) is 0 Å². The first-order valence-corrected chi connectivity index (χ1v) is 12.1. The molecule has 1 rings (SSSR count). The van der Waals surface area contributed by atoms with Crippen molar-refractivity contribution in [2.45, 2.75) is 58.7 Å². The highest BCUT2D eigenvalue weighted by Gasteiger charge is 2.27.